The van der Waals surface area contributed by atoms with Gasteiger partial charge in [-0.1, -0.05) is 233 Å². The first kappa shape index (κ1) is 60.2. The Hall–Kier alpha value is -4.06. The molecule has 0 atom stereocenters. The van der Waals surface area contributed by atoms with E-state index in [0.29, 0.717) is 0 Å². The molecule has 4 rings (SSSR count). The Kier molecular flexibility index (Phi) is 30.2. The van der Waals surface area contributed by atoms with Crippen molar-refractivity contribution in [2.45, 2.75) is 181 Å². The van der Waals surface area contributed by atoms with Crippen molar-refractivity contribution >= 4 is 43.4 Å². The molecule has 0 saturated heterocycles. The zero-order valence-corrected chi connectivity index (χ0v) is 47.1. The van der Waals surface area contributed by atoms with E-state index < -0.39 is 16.6 Å². The van der Waals surface area contributed by atoms with E-state index >= 15 is 0 Å². The molecule has 0 aliphatic heterocycles. The molecule has 0 saturated carbocycles. The van der Waals surface area contributed by atoms with E-state index in [1.807, 2.05) is 0 Å². The fraction of sp³-hybridized carbons (Fsp3) is 0.532. The van der Waals surface area contributed by atoms with Crippen molar-refractivity contribution in [3.8, 4) is 0 Å². The molecule has 8 heteroatoms. The summed E-state index contributed by atoms with van der Waals surface area (Å²) in [5, 5.41) is 11.4. The molecule has 0 radical (unpaired) electrons. The quantitative estimate of drug-likeness (QED) is 0.0252. The number of amides is 2. The van der Waals surface area contributed by atoms with E-state index in [-0.39, 0.29) is 16.1 Å². The van der Waals surface area contributed by atoms with E-state index in [1.165, 1.54) is 91.4 Å². The molecule has 386 valence electrons. The van der Waals surface area contributed by atoms with Crippen molar-refractivity contribution in [3.63, 3.8) is 0 Å². The lowest BCUT2D eigenvalue weighted by Crippen LogP contribution is -2.66. The highest BCUT2D eigenvalue weighted by molar-refractivity contribution is 7.00. The zero-order valence-electron chi connectivity index (χ0n) is 45.1. The number of carbonyl (C=O) groups excluding carboxylic acids is 1. The summed E-state index contributed by atoms with van der Waals surface area (Å²) in [6.07, 6.45) is 31.5. The van der Waals surface area contributed by atoms with E-state index in [9.17, 15) is 4.79 Å². The summed E-state index contributed by atoms with van der Waals surface area (Å²) in [6.45, 7) is 20.2. The van der Waals surface area contributed by atoms with Gasteiger partial charge in [-0.15, -0.1) is 0 Å². The number of nitrogens with one attached hydrogen (secondary N) is 2. The molecule has 6 nitrogen and oxygen atoms in total. The minimum absolute atomic E-state index is 0.0291. The zero-order chi connectivity index (χ0) is 50.7. The molecule has 0 spiro atoms. The first-order valence-corrected chi connectivity index (χ1v) is 31.3. The van der Waals surface area contributed by atoms with E-state index in [4.69, 9.17) is 14.6 Å². The lowest BCUT2D eigenvalue weighted by Gasteiger charge is -2.43. The van der Waals surface area contributed by atoms with E-state index in [0.717, 1.165) is 84.2 Å². The van der Waals surface area contributed by atoms with Crippen molar-refractivity contribution < 1.29 is 13.6 Å². The molecule has 0 aromatic heterocycles. The second kappa shape index (κ2) is 35.1. The first-order chi connectivity index (χ1) is 33.9. The number of allylic oxidation sites excluding steroid dienone is 4. The molecule has 0 aliphatic carbocycles. The predicted molar refractivity (Wildman–Crippen MR) is 309 cm³/mol. The largest absolute Gasteiger partial charge is 0.407 e. The SMILES string of the molecule is CC(C)(C)[Si](OCCCCCC/C=C\CCCCN)(c1ccccc1)c1ccccc1.CCCCCNC(=O)NCCCC/C=C\CCCCCCO[Si](c1ccccc1)(c1ccccc1)C(C)(C)C. The van der Waals surface area contributed by atoms with Gasteiger partial charge in [0, 0.05) is 26.3 Å². The molecule has 0 aliphatic rings. The second-order valence-electron chi connectivity index (χ2n) is 21.0. The van der Waals surface area contributed by atoms with Crippen molar-refractivity contribution in [3.05, 3.63) is 146 Å². The molecule has 70 heavy (non-hydrogen) atoms. The molecule has 4 aromatic rings. The van der Waals surface area contributed by atoms with Crippen LogP contribution in [0.25, 0.3) is 0 Å². The van der Waals surface area contributed by atoms with Crippen molar-refractivity contribution in [2.24, 2.45) is 5.73 Å². The highest BCUT2D eigenvalue weighted by atomic mass is 28.4. The molecule has 0 unspecified atom stereocenters. The number of nitrogens with two attached hydrogens (primary N) is 1. The van der Waals surface area contributed by atoms with Crippen molar-refractivity contribution in [1.82, 2.24) is 10.6 Å². The number of benzene rings is 4. The molecular formula is C62H97N3O3Si2. The average Bonchev–Trinajstić information content (AvgIpc) is 3.36. The number of carbonyl (C=O) groups is 1. The van der Waals surface area contributed by atoms with Gasteiger partial charge in [0.05, 0.1) is 0 Å². The topological polar surface area (TPSA) is 85.6 Å². The summed E-state index contributed by atoms with van der Waals surface area (Å²) < 4.78 is 14.0. The van der Waals surface area contributed by atoms with E-state index in [1.54, 1.807) is 0 Å². The monoisotopic (exact) mass is 988 g/mol. The molecule has 2 amide bonds. The molecule has 0 bridgehead atoms. The van der Waals surface area contributed by atoms with Crippen LogP contribution in [0.1, 0.15) is 170 Å². The van der Waals surface area contributed by atoms with Gasteiger partial charge in [-0.05, 0) is 121 Å². The number of unbranched alkanes of at least 4 members (excludes halogenated alkanes) is 14. The van der Waals surface area contributed by atoms with Crippen molar-refractivity contribution in [1.29, 1.82) is 0 Å². The summed E-state index contributed by atoms with van der Waals surface area (Å²) in [6, 6.07) is 43.7. The third kappa shape index (κ3) is 21.3. The predicted octanol–water partition coefficient (Wildman–Crippen LogP) is 13.9. The maximum Gasteiger partial charge on any atom is 0.314 e. The Bertz CT molecular complexity index is 1870. The number of hydrogen-bond donors (Lipinski definition) is 3. The lowest BCUT2D eigenvalue weighted by atomic mass is 10.1. The Morgan fingerprint density at radius 3 is 1.06 bits per heavy atom. The van der Waals surface area contributed by atoms with Gasteiger partial charge in [-0.25, -0.2) is 4.79 Å². The normalized spacial score (nSPS) is 12.3. The summed E-state index contributed by atoms with van der Waals surface area (Å²) in [4.78, 5) is 11.7. The van der Waals surface area contributed by atoms with Gasteiger partial charge in [-0.3, -0.25) is 0 Å². The van der Waals surface area contributed by atoms with Crippen LogP contribution in [0.4, 0.5) is 4.79 Å². The Morgan fingerprint density at radius 1 is 0.443 bits per heavy atom. The van der Waals surface area contributed by atoms with Gasteiger partial charge in [0.15, 0.2) is 0 Å². The van der Waals surface area contributed by atoms with Crippen LogP contribution in [0, 0.1) is 0 Å². The summed E-state index contributed by atoms with van der Waals surface area (Å²) >= 11 is 0. The standard InChI is InChI=1S/C34H54N2O2Si.C28H43NOSi/c1-5-6-21-28-35-33(37)36-29-22-13-11-9-7-8-10-12-14-23-30-38-39(34(2,3)4,31-24-17-15-18-25-31)32-26-19-16-20-27-32;1-28(2,3)31(26-20-14-12-15-21-26,27-22-16-13-17-23-27)30-25-19-11-9-7-5-4-6-8-10-18-24-29/h7,9,15-20,24-27H,5-6,8,10-14,21-23,28-30H2,1-4H3,(H2,35,36,37);4,6,12-17,20-23H,5,7-11,18-19,24-25,29H2,1-3H3/b9-7-;6-4-. The van der Waals surface area contributed by atoms with Gasteiger partial charge in [-0.2, -0.15) is 0 Å². The third-order valence-electron chi connectivity index (χ3n) is 13.3. The minimum Gasteiger partial charge on any atom is -0.407 e. The molecule has 0 fully saturated rings. The van der Waals surface area contributed by atoms with Crippen molar-refractivity contribution in [2.75, 3.05) is 32.8 Å². The van der Waals surface area contributed by atoms with Crippen LogP contribution in [0.3, 0.4) is 0 Å². The van der Waals surface area contributed by atoms with Crippen LogP contribution < -0.4 is 37.1 Å². The highest BCUT2D eigenvalue weighted by Crippen LogP contribution is 2.38. The number of urea groups is 1. The van der Waals surface area contributed by atoms with Crippen LogP contribution in [-0.2, 0) is 8.85 Å². The lowest BCUT2D eigenvalue weighted by molar-refractivity contribution is 0.240. The van der Waals surface area contributed by atoms with Crippen LogP contribution >= 0.6 is 0 Å². The second-order valence-corrected chi connectivity index (χ2v) is 29.7. The van der Waals surface area contributed by atoms with Gasteiger partial charge < -0.3 is 25.2 Å². The summed E-state index contributed by atoms with van der Waals surface area (Å²) in [7, 11) is -4.77. The van der Waals surface area contributed by atoms with Crippen LogP contribution in [0.2, 0.25) is 10.1 Å². The van der Waals surface area contributed by atoms with Crippen LogP contribution in [0.5, 0.6) is 0 Å². The van der Waals surface area contributed by atoms with Gasteiger partial charge in [0.1, 0.15) is 0 Å². The van der Waals surface area contributed by atoms with Crippen LogP contribution in [-0.4, -0.2) is 55.5 Å². The maximum absolute atomic E-state index is 11.7. The molecular weight excluding hydrogens is 891 g/mol. The number of rotatable bonds is 33. The van der Waals surface area contributed by atoms with E-state index in [2.05, 4.69) is 205 Å². The summed E-state index contributed by atoms with van der Waals surface area (Å²) in [5.74, 6) is 0. The minimum atomic E-state index is -2.40. The Morgan fingerprint density at radius 2 is 0.743 bits per heavy atom. The Labute approximate surface area is 430 Å². The highest BCUT2D eigenvalue weighted by Gasteiger charge is 2.51. The average molecular weight is 989 g/mol. The maximum atomic E-state index is 11.7. The van der Waals surface area contributed by atoms with Gasteiger partial charge >= 0.3 is 6.03 Å². The van der Waals surface area contributed by atoms with Crippen LogP contribution in [0.15, 0.2) is 146 Å². The fourth-order valence-electron chi connectivity index (χ4n) is 9.52. The molecule has 4 aromatic carbocycles. The van der Waals surface area contributed by atoms with Gasteiger partial charge in [0.2, 0.25) is 0 Å². The fourth-order valence-corrected chi connectivity index (χ4v) is 18.7. The first-order valence-electron chi connectivity index (χ1n) is 27.5. The summed E-state index contributed by atoms with van der Waals surface area (Å²) in [5.41, 5.74) is 5.53. The molecule has 0 heterocycles. The number of hydrogen-bond acceptors (Lipinski definition) is 4. The molecule has 4 N–H and O–H groups in total. The van der Waals surface area contributed by atoms with Gasteiger partial charge in [0.25, 0.3) is 16.6 Å². The Balaban J connectivity index is 0.000000380. The third-order valence-corrected chi connectivity index (χ3v) is 23.4. The smallest absolute Gasteiger partial charge is 0.314 e.